The summed E-state index contributed by atoms with van der Waals surface area (Å²) in [6, 6.07) is 0. The van der Waals surface area contributed by atoms with E-state index < -0.39 is 97.5 Å². The molecule has 3 unspecified atom stereocenters. The lowest BCUT2D eigenvalue weighted by molar-refractivity contribution is -0.161. The zero-order chi connectivity index (χ0) is 64.3. The largest absolute Gasteiger partial charge is 0.472 e. The van der Waals surface area contributed by atoms with Crippen molar-refractivity contribution in [3.05, 3.63) is 0 Å². The number of carbonyl (C=O) groups excluding carboxylic acids is 4. The van der Waals surface area contributed by atoms with Crippen LogP contribution in [0.15, 0.2) is 0 Å². The number of aliphatic hydroxyl groups excluding tert-OH is 1. The molecular weight excluding hydrogens is 1150 g/mol. The highest BCUT2D eigenvalue weighted by Gasteiger charge is 2.30. The Balaban J connectivity index is 5.23. The van der Waals surface area contributed by atoms with E-state index in [1.807, 2.05) is 0 Å². The first-order valence-electron chi connectivity index (χ1n) is 35.5. The van der Waals surface area contributed by atoms with E-state index in [1.54, 1.807) is 0 Å². The van der Waals surface area contributed by atoms with Gasteiger partial charge in [0.15, 0.2) is 12.2 Å². The van der Waals surface area contributed by atoms with Crippen molar-refractivity contribution in [1.29, 1.82) is 0 Å². The van der Waals surface area contributed by atoms with Gasteiger partial charge < -0.3 is 33.8 Å². The molecule has 6 atom stereocenters. The molecule has 19 heteroatoms. The van der Waals surface area contributed by atoms with Gasteiger partial charge in [-0.3, -0.25) is 37.3 Å². The molecular formula is C68H132O17P2. The highest BCUT2D eigenvalue weighted by Crippen LogP contribution is 2.45. The predicted octanol–water partition coefficient (Wildman–Crippen LogP) is 19.2. The molecule has 0 aliphatic heterocycles. The van der Waals surface area contributed by atoms with Crippen LogP contribution in [0.4, 0.5) is 0 Å². The summed E-state index contributed by atoms with van der Waals surface area (Å²) in [6.45, 7) is 9.47. The monoisotopic (exact) mass is 1280 g/mol. The van der Waals surface area contributed by atoms with Crippen LogP contribution in [-0.4, -0.2) is 96.7 Å². The number of rotatable bonds is 67. The Morgan fingerprint density at radius 3 is 0.874 bits per heavy atom. The lowest BCUT2D eigenvalue weighted by Gasteiger charge is -2.21. The third-order valence-electron chi connectivity index (χ3n) is 16.1. The van der Waals surface area contributed by atoms with Gasteiger partial charge in [-0.2, -0.15) is 0 Å². The number of phosphoric acid groups is 2. The second-order valence-corrected chi connectivity index (χ2v) is 28.2. The van der Waals surface area contributed by atoms with Crippen molar-refractivity contribution in [2.24, 2.45) is 11.8 Å². The molecule has 0 rings (SSSR count). The minimum absolute atomic E-state index is 0.103. The van der Waals surface area contributed by atoms with Crippen molar-refractivity contribution in [3.63, 3.8) is 0 Å². The number of hydrogen-bond acceptors (Lipinski definition) is 15. The Hall–Kier alpha value is -1.94. The summed E-state index contributed by atoms with van der Waals surface area (Å²) in [5, 5.41) is 10.6. The summed E-state index contributed by atoms with van der Waals surface area (Å²) in [4.78, 5) is 72.4. The first kappa shape index (κ1) is 85.1. The number of esters is 4. The van der Waals surface area contributed by atoms with Gasteiger partial charge in [-0.1, -0.05) is 292 Å². The van der Waals surface area contributed by atoms with E-state index in [0.29, 0.717) is 25.7 Å². The van der Waals surface area contributed by atoms with Gasteiger partial charge in [0.2, 0.25) is 0 Å². The molecule has 87 heavy (non-hydrogen) atoms. The van der Waals surface area contributed by atoms with E-state index in [1.165, 1.54) is 154 Å². The van der Waals surface area contributed by atoms with Gasteiger partial charge in [0, 0.05) is 25.7 Å². The van der Waals surface area contributed by atoms with Crippen LogP contribution < -0.4 is 0 Å². The molecule has 0 bridgehead atoms. The fourth-order valence-corrected chi connectivity index (χ4v) is 11.8. The molecule has 0 spiro atoms. The molecule has 3 N–H and O–H groups in total. The number of hydrogen-bond donors (Lipinski definition) is 3. The van der Waals surface area contributed by atoms with E-state index in [0.717, 1.165) is 108 Å². The molecule has 0 aromatic carbocycles. The highest BCUT2D eigenvalue weighted by atomic mass is 31.2. The van der Waals surface area contributed by atoms with Crippen LogP contribution in [0.5, 0.6) is 0 Å². The average molecular weight is 1280 g/mol. The van der Waals surface area contributed by atoms with E-state index in [9.17, 15) is 43.2 Å². The Morgan fingerprint density at radius 1 is 0.333 bits per heavy atom. The highest BCUT2D eigenvalue weighted by molar-refractivity contribution is 7.47. The third kappa shape index (κ3) is 61.3. The summed E-state index contributed by atoms with van der Waals surface area (Å²) < 4.78 is 68.1. The van der Waals surface area contributed by atoms with Crippen LogP contribution in [0.3, 0.4) is 0 Å². The van der Waals surface area contributed by atoms with Gasteiger partial charge in [-0.05, 0) is 37.5 Å². The fraction of sp³-hybridized carbons (Fsp3) is 0.941. The zero-order valence-electron chi connectivity index (χ0n) is 56.3. The van der Waals surface area contributed by atoms with Gasteiger partial charge in [0.05, 0.1) is 26.4 Å². The number of ether oxygens (including phenoxy) is 4. The molecule has 0 aromatic rings. The zero-order valence-corrected chi connectivity index (χ0v) is 58.1. The molecule has 17 nitrogen and oxygen atoms in total. The second-order valence-electron chi connectivity index (χ2n) is 25.3. The van der Waals surface area contributed by atoms with Crippen LogP contribution in [0.25, 0.3) is 0 Å². The van der Waals surface area contributed by atoms with Crippen LogP contribution in [0.2, 0.25) is 0 Å². The van der Waals surface area contributed by atoms with Gasteiger partial charge in [0.25, 0.3) is 0 Å². The Morgan fingerprint density at radius 2 is 0.586 bits per heavy atom. The standard InChI is InChI=1S/C68H132O17P2/c1-7-10-12-14-16-18-19-20-21-25-28-32-39-45-51-66(71)79-56-63(84-67(72)52-46-40-33-29-26-23-22-24-27-30-36-42-48-60(4)5)58-82-86(74,75)80-54-62(69)55-81-87(76,77)83-59-64(57-78-65(70)50-44-38-31-17-15-13-11-8-2)85-68(73)53-47-41-35-34-37-43-49-61(6)9-3/h60-64,69H,7-59H2,1-6H3,(H,74,75)(H,76,77)/t61?,62-,63-,64-/m1/s1. The number of carbonyl (C=O) groups is 4. The van der Waals surface area contributed by atoms with Crippen LogP contribution in [0.1, 0.15) is 343 Å². The smallest absolute Gasteiger partial charge is 0.462 e. The predicted molar refractivity (Wildman–Crippen MR) is 349 cm³/mol. The van der Waals surface area contributed by atoms with Crippen molar-refractivity contribution in [1.82, 2.24) is 0 Å². The van der Waals surface area contributed by atoms with Crippen molar-refractivity contribution in [2.75, 3.05) is 39.6 Å². The van der Waals surface area contributed by atoms with Crippen LogP contribution in [-0.2, 0) is 65.4 Å². The van der Waals surface area contributed by atoms with Crippen LogP contribution in [0, 0.1) is 11.8 Å². The maximum absolute atomic E-state index is 13.0. The molecule has 0 fully saturated rings. The van der Waals surface area contributed by atoms with Gasteiger partial charge in [0.1, 0.15) is 19.3 Å². The molecule has 0 aliphatic carbocycles. The molecule has 0 heterocycles. The molecule has 516 valence electrons. The topological polar surface area (TPSA) is 237 Å². The van der Waals surface area contributed by atoms with E-state index in [2.05, 4.69) is 41.5 Å². The molecule has 0 aromatic heterocycles. The maximum atomic E-state index is 13.0. The normalized spacial score (nSPS) is 14.5. The molecule has 0 aliphatic rings. The Bertz CT molecular complexity index is 1700. The Kier molecular flexibility index (Phi) is 59.0. The second kappa shape index (κ2) is 60.3. The fourth-order valence-electron chi connectivity index (χ4n) is 10.2. The summed E-state index contributed by atoms with van der Waals surface area (Å²) in [5.41, 5.74) is 0. The van der Waals surface area contributed by atoms with E-state index in [-0.39, 0.29) is 25.7 Å². The van der Waals surface area contributed by atoms with Crippen molar-refractivity contribution < 1.29 is 80.2 Å². The minimum Gasteiger partial charge on any atom is -0.462 e. The molecule has 0 amide bonds. The van der Waals surface area contributed by atoms with E-state index >= 15 is 0 Å². The average Bonchev–Trinajstić information content (AvgIpc) is 3.70. The van der Waals surface area contributed by atoms with Crippen molar-refractivity contribution in [3.8, 4) is 0 Å². The third-order valence-corrected chi connectivity index (χ3v) is 18.0. The van der Waals surface area contributed by atoms with Gasteiger partial charge >= 0.3 is 39.5 Å². The first-order valence-corrected chi connectivity index (χ1v) is 38.5. The Labute approximate surface area is 530 Å². The number of unbranched alkanes of at least 4 members (excludes halogenated alkanes) is 36. The molecule has 0 saturated carbocycles. The summed E-state index contributed by atoms with van der Waals surface area (Å²) in [7, 11) is -9.89. The lowest BCUT2D eigenvalue weighted by Crippen LogP contribution is -2.30. The molecule has 0 radical (unpaired) electrons. The van der Waals surface area contributed by atoms with Gasteiger partial charge in [-0.25, -0.2) is 9.13 Å². The molecule has 0 saturated heterocycles. The SMILES string of the molecule is CCCCCCCCCCCCCCCCC(=O)OC[C@H](COP(=O)(O)OC[C@@H](O)COP(=O)(O)OC[C@@H](COC(=O)CCCCCCCCCC)OC(=O)CCCCCCCCC(C)CC)OC(=O)CCCCCCCCCCCCCCC(C)C. The summed E-state index contributed by atoms with van der Waals surface area (Å²) in [5.74, 6) is -0.634. The lowest BCUT2D eigenvalue weighted by atomic mass is 10.00. The minimum atomic E-state index is -4.95. The van der Waals surface area contributed by atoms with Crippen molar-refractivity contribution in [2.45, 2.75) is 362 Å². The van der Waals surface area contributed by atoms with Crippen molar-refractivity contribution >= 4 is 39.5 Å². The summed E-state index contributed by atoms with van der Waals surface area (Å²) >= 11 is 0. The number of aliphatic hydroxyl groups is 1. The van der Waals surface area contributed by atoms with E-state index in [4.69, 9.17) is 37.0 Å². The quantitative estimate of drug-likeness (QED) is 0.0222. The number of phosphoric ester groups is 2. The summed E-state index contributed by atoms with van der Waals surface area (Å²) in [6.07, 6.45) is 44.5. The van der Waals surface area contributed by atoms with Gasteiger partial charge in [-0.15, -0.1) is 0 Å². The maximum Gasteiger partial charge on any atom is 0.472 e. The first-order chi connectivity index (χ1) is 41.9. The van der Waals surface area contributed by atoms with Crippen LogP contribution >= 0.6 is 15.6 Å².